The SMILES string of the molecule is CCCOc1nccc(-c2[nH]c(C3(C(=O)NC4CCCCC4)OCC(C)CO3)nc2-c2ccc(F)cc2)n1. The van der Waals surface area contributed by atoms with Crippen molar-refractivity contribution in [2.45, 2.75) is 64.2 Å². The summed E-state index contributed by atoms with van der Waals surface area (Å²) < 4.78 is 31.7. The molecule has 0 atom stereocenters. The molecule has 1 saturated heterocycles. The maximum atomic E-state index is 13.8. The maximum absolute atomic E-state index is 13.8. The Hall–Kier alpha value is -3.37. The van der Waals surface area contributed by atoms with E-state index >= 15 is 0 Å². The van der Waals surface area contributed by atoms with Crippen molar-refractivity contribution < 1.29 is 23.4 Å². The molecule has 2 N–H and O–H groups in total. The van der Waals surface area contributed by atoms with Gasteiger partial charge in [0, 0.05) is 23.7 Å². The number of imidazole rings is 1. The van der Waals surface area contributed by atoms with Crippen LogP contribution in [0, 0.1) is 11.7 Å². The molecule has 2 aromatic heterocycles. The lowest BCUT2D eigenvalue weighted by Gasteiger charge is -2.37. The van der Waals surface area contributed by atoms with Crippen molar-refractivity contribution in [1.29, 1.82) is 0 Å². The van der Waals surface area contributed by atoms with Crippen molar-refractivity contribution in [3.05, 3.63) is 48.2 Å². The molecule has 5 rings (SSSR count). The second-order valence-corrected chi connectivity index (χ2v) is 10.0. The summed E-state index contributed by atoms with van der Waals surface area (Å²) in [5, 5.41) is 3.15. The van der Waals surface area contributed by atoms with Gasteiger partial charge in [-0.2, -0.15) is 4.98 Å². The normalized spacial score (nSPS) is 22.2. The molecule has 1 amide bonds. The Morgan fingerprint density at radius 2 is 1.87 bits per heavy atom. The van der Waals surface area contributed by atoms with E-state index in [1.807, 2.05) is 13.8 Å². The molecule has 2 aliphatic rings. The van der Waals surface area contributed by atoms with Crippen LogP contribution in [0.1, 0.15) is 58.2 Å². The monoisotopic (exact) mass is 523 g/mol. The molecule has 9 nitrogen and oxygen atoms in total. The summed E-state index contributed by atoms with van der Waals surface area (Å²) in [5.74, 6) is -2.15. The quantitative estimate of drug-likeness (QED) is 0.438. The zero-order valence-corrected chi connectivity index (χ0v) is 21.8. The molecule has 2 fully saturated rings. The number of hydrogen-bond donors (Lipinski definition) is 2. The molecule has 1 aliphatic heterocycles. The van der Waals surface area contributed by atoms with Crippen LogP contribution >= 0.6 is 0 Å². The van der Waals surface area contributed by atoms with Gasteiger partial charge in [-0.05, 0) is 49.6 Å². The van der Waals surface area contributed by atoms with Crippen LogP contribution in [0.2, 0.25) is 0 Å². The van der Waals surface area contributed by atoms with Gasteiger partial charge in [0.15, 0.2) is 5.82 Å². The number of aromatic amines is 1. The van der Waals surface area contributed by atoms with Gasteiger partial charge in [-0.1, -0.05) is 33.1 Å². The molecule has 10 heteroatoms. The topological polar surface area (TPSA) is 111 Å². The average Bonchev–Trinajstić information content (AvgIpc) is 3.40. The standard InChI is InChI=1S/C28H34FN5O4/c1-3-15-36-27-30-14-13-22(32-27)24-23(19-9-11-20(29)12-10-19)33-25(34-24)28(37-16-18(2)17-38-28)26(35)31-21-7-5-4-6-8-21/h9-14,18,21H,3-8,15-17H2,1-2H3,(H,31,35)(H,33,34). The molecule has 0 unspecified atom stereocenters. The number of rotatable bonds is 8. The van der Waals surface area contributed by atoms with Crippen molar-refractivity contribution >= 4 is 5.91 Å². The third-order valence-electron chi connectivity index (χ3n) is 6.84. The molecule has 1 aromatic carbocycles. The number of carbonyl (C=O) groups excluding carboxylic acids is 1. The highest BCUT2D eigenvalue weighted by molar-refractivity contribution is 5.86. The lowest BCUT2D eigenvalue weighted by molar-refractivity contribution is -0.278. The van der Waals surface area contributed by atoms with Crippen molar-refractivity contribution in [2.24, 2.45) is 5.92 Å². The molecule has 0 spiro atoms. The van der Waals surface area contributed by atoms with E-state index in [2.05, 4.69) is 20.3 Å². The van der Waals surface area contributed by atoms with Crippen LogP contribution in [0.25, 0.3) is 22.6 Å². The summed E-state index contributed by atoms with van der Waals surface area (Å²) >= 11 is 0. The summed E-state index contributed by atoms with van der Waals surface area (Å²) in [6.45, 7) is 5.15. The van der Waals surface area contributed by atoms with Crippen LogP contribution in [0.4, 0.5) is 4.39 Å². The van der Waals surface area contributed by atoms with Gasteiger partial charge in [0.1, 0.15) is 5.82 Å². The van der Waals surface area contributed by atoms with Crippen molar-refractivity contribution in [3.63, 3.8) is 0 Å². The van der Waals surface area contributed by atoms with E-state index in [0.29, 0.717) is 42.5 Å². The highest BCUT2D eigenvalue weighted by atomic mass is 19.1. The Labute approximate surface area is 221 Å². The lowest BCUT2D eigenvalue weighted by Crippen LogP contribution is -2.55. The van der Waals surface area contributed by atoms with E-state index in [4.69, 9.17) is 19.2 Å². The number of ether oxygens (including phenoxy) is 3. The Balaban J connectivity index is 1.58. The number of hydrogen-bond acceptors (Lipinski definition) is 7. The molecular weight excluding hydrogens is 489 g/mol. The first-order valence-electron chi connectivity index (χ1n) is 13.4. The largest absolute Gasteiger partial charge is 0.463 e. The van der Waals surface area contributed by atoms with Gasteiger partial charge in [0.05, 0.1) is 36.9 Å². The zero-order valence-electron chi connectivity index (χ0n) is 21.8. The van der Waals surface area contributed by atoms with E-state index < -0.39 is 5.79 Å². The van der Waals surface area contributed by atoms with E-state index in [-0.39, 0.29) is 35.5 Å². The number of nitrogens with zero attached hydrogens (tertiary/aromatic N) is 3. The smallest absolute Gasteiger partial charge is 0.316 e. The molecule has 202 valence electrons. The predicted octanol–water partition coefficient (Wildman–Crippen LogP) is 4.75. The van der Waals surface area contributed by atoms with Gasteiger partial charge in [-0.25, -0.2) is 14.4 Å². The van der Waals surface area contributed by atoms with Crippen LogP contribution in [0.5, 0.6) is 6.01 Å². The van der Waals surface area contributed by atoms with E-state index in [0.717, 1.165) is 32.1 Å². The molecule has 0 bridgehead atoms. The first-order valence-corrected chi connectivity index (χ1v) is 13.4. The summed E-state index contributed by atoms with van der Waals surface area (Å²) in [5.41, 5.74) is 2.16. The minimum atomic E-state index is -1.74. The lowest BCUT2D eigenvalue weighted by atomic mass is 9.95. The van der Waals surface area contributed by atoms with Gasteiger partial charge in [0.2, 0.25) is 0 Å². The Kier molecular flexibility index (Phi) is 7.99. The summed E-state index contributed by atoms with van der Waals surface area (Å²) in [7, 11) is 0. The third-order valence-corrected chi connectivity index (χ3v) is 6.84. The van der Waals surface area contributed by atoms with Crippen molar-refractivity contribution in [3.8, 4) is 28.7 Å². The molecule has 1 saturated carbocycles. The number of benzene rings is 1. The number of H-pyrrole nitrogens is 1. The predicted molar refractivity (Wildman–Crippen MR) is 139 cm³/mol. The molecule has 1 aliphatic carbocycles. The van der Waals surface area contributed by atoms with Crippen LogP contribution in [0.3, 0.4) is 0 Å². The fourth-order valence-electron chi connectivity index (χ4n) is 4.79. The second-order valence-electron chi connectivity index (χ2n) is 10.0. The minimum Gasteiger partial charge on any atom is -0.463 e. The van der Waals surface area contributed by atoms with Crippen LogP contribution in [-0.4, -0.2) is 51.7 Å². The van der Waals surface area contributed by atoms with Gasteiger partial charge >= 0.3 is 11.8 Å². The third kappa shape index (κ3) is 5.56. The number of nitrogens with one attached hydrogen (secondary N) is 2. The summed E-state index contributed by atoms with van der Waals surface area (Å²) in [6.07, 6.45) is 7.58. The van der Waals surface area contributed by atoms with E-state index in [9.17, 15) is 9.18 Å². The average molecular weight is 524 g/mol. The molecule has 3 aromatic rings. The maximum Gasteiger partial charge on any atom is 0.316 e. The second kappa shape index (κ2) is 11.6. The van der Waals surface area contributed by atoms with E-state index in [1.165, 1.54) is 18.6 Å². The zero-order chi connectivity index (χ0) is 26.5. The minimum absolute atomic E-state index is 0.0609. The number of aromatic nitrogens is 4. The van der Waals surface area contributed by atoms with Crippen LogP contribution in [0.15, 0.2) is 36.5 Å². The summed E-state index contributed by atoms with van der Waals surface area (Å²) in [6, 6.07) is 8.01. The number of amides is 1. The van der Waals surface area contributed by atoms with Crippen molar-refractivity contribution in [2.75, 3.05) is 19.8 Å². The van der Waals surface area contributed by atoms with Crippen LogP contribution in [-0.2, 0) is 20.1 Å². The Morgan fingerprint density at radius 1 is 1.13 bits per heavy atom. The first-order chi connectivity index (χ1) is 18.5. The fraction of sp³-hybridized carbons (Fsp3) is 0.500. The molecular formula is C28H34FN5O4. The fourth-order valence-corrected chi connectivity index (χ4v) is 4.79. The number of carbonyl (C=O) groups is 1. The van der Waals surface area contributed by atoms with Gasteiger partial charge in [-0.3, -0.25) is 4.79 Å². The highest BCUT2D eigenvalue weighted by Crippen LogP contribution is 2.37. The van der Waals surface area contributed by atoms with Gasteiger partial charge in [-0.15, -0.1) is 0 Å². The number of halogens is 1. The van der Waals surface area contributed by atoms with Crippen LogP contribution < -0.4 is 10.1 Å². The molecule has 0 radical (unpaired) electrons. The Morgan fingerprint density at radius 3 is 2.58 bits per heavy atom. The van der Waals surface area contributed by atoms with Gasteiger partial charge in [0.25, 0.3) is 5.91 Å². The molecule has 3 heterocycles. The summed E-state index contributed by atoms with van der Waals surface area (Å²) in [4.78, 5) is 30.6. The van der Waals surface area contributed by atoms with Crippen molar-refractivity contribution in [1.82, 2.24) is 25.3 Å². The first kappa shape index (κ1) is 26.2. The Bertz CT molecular complexity index is 1230. The molecule has 38 heavy (non-hydrogen) atoms. The van der Waals surface area contributed by atoms with Gasteiger partial charge < -0.3 is 24.5 Å². The van der Waals surface area contributed by atoms with E-state index in [1.54, 1.807) is 24.4 Å². The highest BCUT2D eigenvalue weighted by Gasteiger charge is 2.50.